The van der Waals surface area contributed by atoms with Gasteiger partial charge in [-0.15, -0.1) is 0 Å². The van der Waals surface area contributed by atoms with E-state index in [9.17, 15) is 19.2 Å². The van der Waals surface area contributed by atoms with E-state index in [1.165, 1.54) is 33.8 Å². The molecule has 0 aromatic heterocycles. The number of rotatable bonds is 4. The Balaban J connectivity index is 3.82. The van der Waals surface area contributed by atoms with E-state index in [1.807, 2.05) is 0 Å². The standard InChI is InChI=1S/C14H13O4/c1-7(15)11-5-6-12(8(2)16)14(10(4)18)13(11)9(3)17/h5H,1-4H3. The highest BCUT2D eigenvalue weighted by Crippen LogP contribution is 2.21. The predicted molar refractivity (Wildman–Crippen MR) is 65.3 cm³/mol. The lowest BCUT2D eigenvalue weighted by molar-refractivity contribution is 0.0958. The summed E-state index contributed by atoms with van der Waals surface area (Å²) in [6.45, 7) is 5.10. The van der Waals surface area contributed by atoms with Crippen molar-refractivity contribution < 1.29 is 19.2 Å². The van der Waals surface area contributed by atoms with Gasteiger partial charge in [0.1, 0.15) is 0 Å². The van der Waals surface area contributed by atoms with Gasteiger partial charge < -0.3 is 0 Å². The Morgan fingerprint density at radius 3 is 1.61 bits per heavy atom. The molecule has 4 nitrogen and oxygen atoms in total. The van der Waals surface area contributed by atoms with Gasteiger partial charge in [-0.3, -0.25) is 19.2 Å². The molecule has 0 N–H and O–H groups in total. The first-order valence-corrected chi connectivity index (χ1v) is 5.39. The van der Waals surface area contributed by atoms with E-state index in [2.05, 4.69) is 6.07 Å². The predicted octanol–water partition coefficient (Wildman–Crippen LogP) is 2.30. The van der Waals surface area contributed by atoms with Crippen LogP contribution < -0.4 is 0 Å². The summed E-state index contributed by atoms with van der Waals surface area (Å²) in [5.74, 6) is -1.54. The Hall–Kier alpha value is -2.10. The molecule has 1 aromatic carbocycles. The third-order valence-corrected chi connectivity index (χ3v) is 2.57. The van der Waals surface area contributed by atoms with Crippen LogP contribution in [0.1, 0.15) is 69.1 Å². The highest BCUT2D eigenvalue weighted by Gasteiger charge is 2.23. The molecule has 0 fully saturated rings. The molecule has 4 heteroatoms. The SMILES string of the molecule is CC(=O)c1[c]cc(C(C)=O)c(C(C)=O)c1C(C)=O. The van der Waals surface area contributed by atoms with Crippen molar-refractivity contribution in [1.82, 2.24) is 0 Å². The molecular formula is C14H13O4. The first-order chi connectivity index (χ1) is 8.27. The molecule has 0 aliphatic heterocycles. The number of Topliss-reactive ketones (excluding diaryl/α,β-unsaturated/α-hetero) is 4. The minimum Gasteiger partial charge on any atom is -0.294 e. The lowest BCUT2D eigenvalue weighted by Crippen LogP contribution is -2.15. The lowest BCUT2D eigenvalue weighted by atomic mass is 9.88. The first kappa shape index (κ1) is 14.0. The normalized spacial score (nSPS) is 10.0. The lowest BCUT2D eigenvalue weighted by Gasteiger charge is -2.11. The van der Waals surface area contributed by atoms with Crippen molar-refractivity contribution in [2.75, 3.05) is 0 Å². The zero-order valence-corrected chi connectivity index (χ0v) is 10.7. The maximum absolute atomic E-state index is 11.6. The molecule has 0 saturated heterocycles. The van der Waals surface area contributed by atoms with E-state index in [0.29, 0.717) is 0 Å². The van der Waals surface area contributed by atoms with Gasteiger partial charge in [-0.25, -0.2) is 0 Å². The Bertz CT molecular complexity index is 516. The summed E-state index contributed by atoms with van der Waals surface area (Å²) in [6.07, 6.45) is 0. The van der Waals surface area contributed by atoms with Crippen molar-refractivity contribution in [2.24, 2.45) is 0 Å². The zero-order chi connectivity index (χ0) is 14.0. The van der Waals surface area contributed by atoms with E-state index >= 15 is 0 Å². The average Bonchev–Trinajstić information content (AvgIpc) is 2.26. The van der Waals surface area contributed by atoms with Crippen LogP contribution in [0, 0.1) is 6.07 Å². The molecular weight excluding hydrogens is 232 g/mol. The van der Waals surface area contributed by atoms with Crippen LogP contribution in [0.4, 0.5) is 0 Å². The number of carbonyl (C=O) groups excluding carboxylic acids is 4. The summed E-state index contributed by atoms with van der Waals surface area (Å²) in [5.41, 5.74) is 0.178. The zero-order valence-electron chi connectivity index (χ0n) is 10.7. The van der Waals surface area contributed by atoms with Crippen molar-refractivity contribution in [3.05, 3.63) is 34.4 Å². The minimum atomic E-state index is -0.426. The van der Waals surface area contributed by atoms with Crippen LogP contribution >= 0.6 is 0 Å². The third-order valence-electron chi connectivity index (χ3n) is 2.57. The summed E-state index contributed by atoms with van der Waals surface area (Å²) in [6, 6.07) is 3.91. The molecule has 0 amide bonds. The molecule has 0 aliphatic rings. The molecule has 93 valence electrons. The number of ketones is 4. The molecule has 18 heavy (non-hydrogen) atoms. The molecule has 0 atom stereocenters. The van der Waals surface area contributed by atoms with Crippen molar-refractivity contribution in [2.45, 2.75) is 27.7 Å². The van der Waals surface area contributed by atoms with Crippen LogP contribution in [0.5, 0.6) is 0 Å². The van der Waals surface area contributed by atoms with E-state index in [-0.39, 0.29) is 33.8 Å². The molecule has 0 aliphatic carbocycles. The number of benzene rings is 1. The Morgan fingerprint density at radius 2 is 1.28 bits per heavy atom. The fourth-order valence-electron chi connectivity index (χ4n) is 1.82. The molecule has 0 unspecified atom stereocenters. The van der Waals surface area contributed by atoms with Crippen LogP contribution in [-0.2, 0) is 0 Å². The maximum Gasteiger partial charge on any atom is 0.161 e. The van der Waals surface area contributed by atoms with E-state index in [4.69, 9.17) is 0 Å². The van der Waals surface area contributed by atoms with Gasteiger partial charge in [0.25, 0.3) is 0 Å². The van der Waals surface area contributed by atoms with Gasteiger partial charge in [-0.1, -0.05) is 0 Å². The summed E-state index contributed by atoms with van der Waals surface area (Å²) >= 11 is 0. The van der Waals surface area contributed by atoms with Gasteiger partial charge in [0, 0.05) is 22.3 Å². The number of hydrogen-bond donors (Lipinski definition) is 0. The number of hydrogen-bond acceptors (Lipinski definition) is 4. The molecule has 0 bridgehead atoms. The fourth-order valence-corrected chi connectivity index (χ4v) is 1.82. The summed E-state index contributed by atoms with van der Waals surface area (Å²) in [5, 5.41) is 0. The van der Waals surface area contributed by atoms with Crippen molar-refractivity contribution >= 4 is 23.1 Å². The van der Waals surface area contributed by atoms with Gasteiger partial charge >= 0.3 is 0 Å². The fraction of sp³-hybridized carbons (Fsp3) is 0.286. The summed E-state index contributed by atoms with van der Waals surface area (Å²) in [7, 11) is 0. The van der Waals surface area contributed by atoms with Gasteiger partial charge in [0.15, 0.2) is 23.1 Å². The van der Waals surface area contributed by atoms with Gasteiger partial charge in [-0.2, -0.15) is 0 Å². The van der Waals surface area contributed by atoms with Crippen LogP contribution in [0.3, 0.4) is 0 Å². The molecule has 1 aromatic rings. The second-order valence-corrected chi connectivity index (χ2v) is 4.05. The van der Waals surface area contributed by atoms with Crippen LogP contribution in [0.15, 0.2) is 6.07 Å². The third kappa shape index (κ3) is 2.42. The first-order valence-electron chi connectivity index (χ1n) is 5.39. The highest BCUT2D eigenvalue weighted by molar-refractivity contribution is 6.18. The topological polar surface area (TPSA) is 68.3 Å². The molecule has 0 spiro atoms. The van der Waals surface area contributed by atoms with Crippen LogP contribution in [-0.4, -0.2) is 23.1 Å². The molecule has 0 heterocycles. The second kappa shape index (κ2) is 5.04. The van der Waals surface area contributed by atoms with Gasteiger partial charge in [-0.05, 0) is 39.8 Å². The molecule has 0 saturated carbocycles. The van der Waals surface area contributed by atoms with Crippen molar-refractivity contribution in [3.8, 4) is 0 Å². The van der Waals surface area contributed by atoms with Gasteiger partial charge in [0.2, 0.25) is 0 Å². The minimum absolute atomic E-state index is 0.0114. The Morgan fingerprint density at radius 1 is 0.778 bits per heavy atom. The number of carbonyl (C=O) groups is 4. The quantitative estimate of drug-likeness (QED) is 0.763. The van der Waals surface area contributed by atoms with Gasteiger partial charge in [0.05, 0.1) is 0 Å². The summed E-state index contributed by atoms with van der Waals surface area (Å²) < 4.78 is 0. The second-order valence-electron chi connectivity index (χ2n) is 4.05. The smallest absolute Gasteiger partial charge is 0.161 e. The highest BCUT2D eigenvalue weighted by atomic mass is 16.1. The Labute approximate surface area is 105 Å². The van der Waals surface area contributed by atoms with E-state index in [1.54, 1.807) is 0 Å². The van der Waals surface area contributed by atoms with E-state index < -0.39 is 11.6 Å². The molecule has 1 rings (SSSR count). The van der Waals surface area contributed by atoms with E-state index in [0.717, 1.165) is 0 Å². The average molecular weight is 245 g/mol. The summed E-state index contributed by atoms with van der Waals surface area (Å²) in [4.78, 5) is 46.2. The Kier molecular flexibility index (Phi) is 3.91. The van der Waals surface area contributed by atoms with Crippen LogP contribution in [0.25, 0.3) is 0 Å². The molecule has 1 radical (unpaired) electrons. The maximum atomic E-state index is 11.6. The van der Waals surface area contributed by atoms with Crippen molar-refractivity contribution in [1.29, 1.82) is 0 Å². The van der Waals surface area contributed by atoms with Crippen molar-refractivity contribution in [3.63, 3.8) is 0 Å². The largest absolute Gasteiger partial charge is 0.294 e. The van der Waals surface area contributed by atoms with Crippen LogP contribution in [0.2, 0.25) is 0 Å². The monoisotopic (exact) mass is 245 g/mol.